The summed E-state index contributed by atoms with van der Waals surface area (Å²) < 4.78 is 5.26. The maximum atomic E-state index is 6.14. The lowest BCUT2D eigenvalue weighted by atomic mass is 10.1. The minimum atomic E-state index is 0.433. The van der Waals surface area contributed by atoms with Gasteiger partial charge >= 0.3 is 0 Å². The lowest BCUT2D eigenvalue weighted by Crippen LogP contribution is -1.92. The standard InChI is InChI=1S/C15H11Cl2N3O/c16-11-5-4-9(13(17)8-11)7-14-19-15(21-20-14)10-2-1-3-12(18)6-10/h1-6,8H,7,18H2. The molecule has 0 atom stereocenters. The largest absolute Gasteiger partial charge is 0.399 e. The molecule has 6 heteroatoms. The van der Waals surface area contributed by atoms with Crippen molar-refractivity contribution in [2.45, 2.75) is 6.42 Å². The first-order valence-electron chi connectivity index (χ1n) is 6.24. The molecule has 0 spiro atoms. The quantitative estimate of drug-likeness (QED) is 0.734. The highest BCUT2D eigenvalue weighted by Crippen LogP contribution is 2.24. The number of hydrogen-bond acceptors (Lipinski definition) is 4. The molecule has 21 heavy (non-hydrogen) atoms. The first-order valence-corrected chi connectivity index (χ1v) is 7.00. The second-order valence-electron chi connectivity index (χ2n) is 4.55. The SMILES string of the molecule is Nc1cccc(-c2nc(Cc3ccc(Cl)cc3Cl)no2)c1. The molecular weight excluding hydrogens is 309 g/mol. The Morgan fingerprint density at radius 2 is 1.95 bits per heavy atom. The summed E-state index contributed by atoms with van der Waals surface area (Å²) in [6.07, 6.45) is 0.474. The highest BCUT2D eigenvalue weighted by molar-refractivity contribution is 6.35. The molecule has 0 aliphatic carbocycles. The number of nitrogen functional groups attached to an aromatic ring is 1. The molecule has 4 nitrogen and oxygen atoms in total. The highest BCUT2D eigenvalue weighted by Gasteiger charge is 2.11. The number of nitrogens with two attached hydrogens (primary N) is 1. The first kappa shape index (κ1) is 13.9. The van der Waals surface area contributed by atoms with Gasteiger partial charge in [-0.2, -0.15) is 4.98 Å². The van der Waals surface area contributed by atoms with Crippen molar-refractivity contribution in [2.24, 2.45) is 0 Å². The van der Waals surface area contributed by atoms with E-state index in [4.69, 9.17) is 33.5 Å². The van der Waals surface area contributed by atoms with Gasteiger partial charge in [0, 0.05) is 27.7 Å². The molecule has 1 aromatic heterocycles. The van der Waals surface area contributed by atoms with Crippen LogP contribution in [-0.2, 0) is 6.42 Å². The Morgan fingerprint density at radius 3 is 2.71 bits per heavy atom. The van der Waals surface area contributed by atoms with Crippen LogP contribution in [0.2, 0.25) is 10.0 Å². The smallest absolute Gasteiger partial charge is 0.258 e. The summed E-state index contributed by atoms with van der Waals surface area (Å²) in [4.78, 5) is 4.36. The van der Waals surface area contributed by atoms with Gasteiger partial charge in [-0.1, -0.05) is 40.5 Å². The third-order valence-corrected chi connectivity index (χ3v) is 3.55. The molecule has 0 bridgehead atoms. The van der Waals surface area contributed by atoms with Crippen molar-refractivity contribution in [1.29, 1.82) is 0 Å². The molecule has 2 N–H and O–H groups in total. The van der Waals surface area contributed by atoms with Crippen molar-refractivity contribution in [1.82, 2.24) is 10.1 Å². The highest BCUT2D eigenvalue weighted by atomic mass is 35.5. The van der Waals surface area contributed by atoms with Crippen molar-refractivity contribution in [3.05, 3.63) is 63.9 Å². The molecule has 0 unspecified atom stereocenters. The number of hydrogen-bond donors (Lipinski definition) is 1. The maximum Gasteiger partial charge on any atom is 0.258 e. The summed E-state index contributed by atoms with van der Waals surface area (Å²) in [6, 6.07) is 12.6. The zero-order chi connectivity index (χ0) is 14.8. The van der Waals surface area contributed by atoms with Crippen molar-refractivity contribution < 1.29 is 4.52 Å². The van der Waals surface area contributed by atoms with E-state index in [-0.39, 0.29) is 0 Å². The molecule has 0 saturated carbocycles. The van der Waals surface area contributed by atoms with Crippen LogP contribution in [0.15, 0.2) is 47.0 Å². The monoisotopic (exact) mass is 319 g/mol. The molecule has 0 aliphatic rings. The van der Waals surface area contributed by atoms with Gasteiger partial charge in [0.2, 0.25) is 0 Å². The van der Waals surface area contributed by atoms with Crippen LogP contribution in [0, 0.1) is 0 Å². The van der Waals surface area contributed by atoms with Crippen LogP contribution >= 0.6 is 23.2 Å². The lowest BCUT2D eigenvalue weighted by Gasteiger charge is -2.00. The number of benzene rings is 2. The van der Waals surface area contributed by atoms with Gasteiger partial charge in [0.05, 0.1) is 0 Å². The van der Waals surface area contributed by atoms with Crippen LogP contribution in [0.1, 0.15) is 11.4 Å². The van der Waals surface area contributed by atoms with E-state index < -0.39 is 0 Å². The molecule has 0 fully saturated rings. The van der Waals surface area contributed by atoms with Gasteiger partial charge in [-0.3, -0.25) is 0 Å². The van der Waals surface area contributed by atoms with E-state index in [2.05, 4.69) is 10.1 Å². The number of rotatable bonds is 3. The summed E-state index contributed by atoms with van der Waals surface area (Å²) in [7, 11) is 0. The summed E-state index contributed by atoms with van der Waals surface area (Å²) in [6.45, 7) is 0. The average Bonchev–Trinajstić information content (AvgIpc) is 2.91. The zero-order valence-corrected chi connectivity index (χ0v) is 12.4. The molecule has 3 aromatic rings. The van der Waals surface area contributed by atoms with Gasteiger partial charge in [-0.05, 0) is 35.9 Å². The van der Waals surface area contributed by atoms with E-state index in [0.29, 0.717) is 33.9 Å². The third-order valence-electron chi connectivity index (χ3n) is 2.97. The molecule has 0 aliphatic heterocycles. The van der Waals surface area contributed by atoms with Gasteiger partial charge in [-0.15, -0.1) is 0 Å². The number of anilines is 1. The van der Waals surface area contributed by atoms with Crippen molar-refractivity contribution in [3.8, 4) is 11.5 Å². The minimum Gasteiger partial charge on any atom is -0.399 e. The fourth-order valence-corrected chi connectivity index (χ4v) is 2.43. The van der Waals surface area contributed by atoms with Gasteiger partial charge in [0.25, 0.3) is 5.89 Å². The summed E-state index contributed by atoms with van der Waals surface area (Å²) in [5.41, 5.74) is 8.06. The van der Waals surface area contributed by atoms with Gasteiger partial charge in [0.15, 0.2) is 5.82 Å². The molecule has 2 aromatic carbocycles. The van der Waals surface area contributed by atoms with E-state index in [9.17, 15) is 0 Å². The van der Waals surface area contributed by atoms with E-state index in [1.54, 1.807) is 24.3 Å². The predicted octanol–water partition coefficient (Wildman–Crippen LogP) is 4.22. The number of aromatic nitrogens is 2. The number of halogens is 2. The lowest BCUT2D eigenvalue weighted by molar-refractivity contribution is 0.424. The van der Waals surface area contributed by atoms with E-state index in [1.165, 1.54) is 0 Å². The van der Waals surface area contributed by atoms with Crippen LogP contribution in [0.4, 0.5) is 5.69 Å². The summed E-state index contributed by atoms with van der Waals surface area (Å²) >= 11 is 12.0. The first-order chi connectivity index (χ1) is 10.1. The minimum absolute atomic E-state index is 0.433. The van der Waals surface area contributed by atoms with Crippen LogP contribution < -0.4 is 5.73 Å². The Morgan fingerprint density at radius 1 is 1.10 bits per heavy atom. The van der Waals surface area contributed by atoms with Gasteiger partial charge in [0.1, 0.15) is 0 Å². The number of nitrogens with zero attached hydrogens (tertiary/aromatic N) is 2. The summed E-state index contributed by atoms with van der Waals surface area (Å²) in [5, 5.41) is 5.14. The molecule has 0 saturated heterocycles. The van der Waals surface area contributed by atoms with Crippen LogP contribution in [0.3, 0.4) is 0 Å². The van der Waals surface area contributed by atoms with Crippen molar-refractivity contribution in [3.63, 3.8) is 0 Å². The van der Waals surface area contributed by atoms with Crippen LogP contribution in [0.5, 0.6) is 0 Å². The molecule has 106 valence electrons. The van der Waals surface area contributed by atoms with E-state index in [0.717, 1.165) is 11.1 Å². The maximum absolute atomic E-state index is 6.14. The molecule has 1 heterocycles. The second-order valence-corrected chi connectivity index (χ2v) is 5.40. The Hall–Kier alpha value is -2.04. The fraction of sp³-hybridized carbons (Fsp3) is 0.0667. The summed E-state index contributed by atoms with van der Waals surface area (Å²) in [5.74, 6) is 0.985. The topological polar surface area (TPSA) is 64.9 Å². The molecular formula is C15H11Cl2N3O. The Labute approximate surface area is 131 Å². The van der Waals surface area contributed by atoms with Gasteiger partial charge in [-0.25, -0.2) is 0 Å². The normalized spacial score (nSPS) is 10.8. The van der Waals surface area contributed by atoms with E-state index >= 15 is 0 Å². The predicted molar refractivity (Wildman–Crippen MR) is 83.4 cm³/mol. The molecule has 0 amide bonds. The Kier molecular flexibility index (Phi) is 3.82. The molecule has 0 radical (unpaired) electrons. The Balaban J connectivity index is 1.85. The van der Waals surface area contributed by atoms with Crippen LogP contribution in [-0.4, -0.2) is 10.1 Å². The fourth-order valence-electron chi connectivity index (χ4n) is 1.95. The second kappa shape index (κ2) is 5.76. The van der Waals surface area contributed by atoms with Crippen molar-refractivity contribution >= 4 is 28.9 Å². The zero-order valence-electron chi connectivity index (χ0n) is 10.9. The third kappa shape index (κ3) is 3.17. The average molecular weight is 320 g/mol. The van der Waals surface area contributed by atoms with Crippen LogP contribution in [0.25, 0.3) is 11.5 Å². The van der Waals surface area contributed by atoms with Gasteiger partial charge < -0.3 is 10.3 Å². The van der Waals surface area contributed by atoms with Crippen molar-refractivity contribution in [2.75, 3.05) is 5.73 Å². The Bertz CT molecular complexity index is 786. The van der Waals surface area contributed by atoms with E-state index in [1.807, 2.05) is 18.2 Å². The molecule has 3 rings (SSSR count).